The van der Waals surface area contributed by atoms with Crippen LogP contribution >= 0.6 is 15.9 Å². The molecule has 20 heavy (non-hydrogen) atoms. The summed E-state index contributed by atoms with van der Waals surface area (Å²) in [6, 6.07) is 7.99. The fourth-order valence-corrected chi connectivity index (χ4v) is 2.60. The number of carboxylic acids is 1. The summed E-state index contributed by atoms with van der Waals surface area (Å²) >= 11 is 3.42. The van der Waals surface area contributed by atoms with Crippen molar-refractivity contribution in [3.63, 3.8) is 0 Å². The first-order valence-electron chi connectivity index (χ1n) is 7.11. The number of carboxylic acid groups (broad SMARTS) is 1. The van der Waals surface area contributed by atoms with Crippen LogP contribution in [0.25, 0.3) is 0 Å². The monoisotopic (exact) mass is 340 g/mol. The molecular weight excluding hydrogens is 320 g/mol. The van der Waals surface area contributed by atoms with Crippen LogP contribution in [0.1, 0.15) is 44.8 Å². The molecule has 0 radical (unpaired) electrons. The molecule has 0 aromatic heterocycles. The number of rotatable bonds is 7. The number of halogens is 1. The third kappa shape index (κ3) is 4.32. The lowest BCUT2D eigenvalue weighted by Crippen LogP contribution is -2.28. The highest BCUT2D eigenvalue weighted by atomic mass is 79.9. The van der Waals surface area contributed by atoms with Gasteiger partial charge in [-0.2, -0.15) is 0 Å². The summed E-state index contributed by atoms with van der Waals surface area (Å²) in [5.41, 5.74) is 1.07. The van der Waals surface area contributed by atoms with Crippen LogP contribution in [0, 0.1) is 11.8 Å². The average Bonchev–Trinajstić information content (AvgIpc) is 3.19. The predicted octanol–water partition coefficient (Wildman–Crippen LogP) is 4.42. The summed E-state index contributed by atoms with van der Waals surface area (Å²) in [7, 11) is 0. The first-order chi connectivity index (χ1) is 9.47. The van der Waals surface area contributed by atoms with Crippen molar-refractivity contribution in [1.82, 2.24) is 0 Å². The number of benzene rings is 1. The average molecular weight is 341 g/mol. The van der Waals surface area contributed by atoms with Crippen LogP contribution in [-0.4, -0.2) is 17.2 Å². The summed E-state index contributed by atoms with van der Waals surface area (Å²) in [6.45, 7) is 4.04. The molecule has 2 rings (SSSR count). The van der Waals surface area contributed by atoms with Gasteiger partial charge in [0.05, 0.1) is 6.10 Å². The molecule has 0 spiro atoms. The van der Waals surface area contributed by atoms with Gasteiger partial charge in [0.2, 0.25) is 0 Å². The number of carbonyl (C=O) groups is 1. The van der Waals surface area contributed by atoms with Crippen LogP contribution < -0.4 is 0 Å². The van der Waals surface area contributed by atoms with E-state index >= 15 is 0 Å². The molecule has 0 amide bonds. The molecule has 4 heteroatoms. The molecule has 1 aliphatic carbocycles. The number of hydrogen-bond donors (Lipinski definition) is 1. The maximum atomic E-state index is 11.4. The molecule has 110 valence electrons. The molecule has 2 atom stereocenters. The smallest absolute Gasteiger partial charge is 0.332 e. The second kappa shape index (κ2) is 6.72. The molecule has 1 aromatic carbocycles. The molecule has 0 bridgehead atoms. The molecule has 0 unspecified atom stereocenters. The van der Waals surface area contributed by atoms with Crippen molar-refractivity contribution in [2.45, 2.75) is 45.3 Å². The first kappa shape index (κ1) is 15.5. The van der Waals surface area contributed by atoms with Gasteiger partial charge >= 0.3 is 5.97 Å². The van der Waals surface area contributed by atoms with Gasteiger partial charge in [-0.25, -0.2) is 4.79 Å². The fraction of sp³-hybridized carbons (Fsp3) is 0.562. The lowest BCUT2D eigenvalue weighted by atomic mass is 10.0. The van der Waals surface area contributed by atoms with Crippen LogP contribution in [0.5, 0.6) is 0 Å². The molecule has 0 saturated heterocycles. The third-order valence-corrected chi connectivity index (χ3v) is 4.05. The topological polar surface area (TPSA) is 46.5 Å². The van der Waals surface area contributed by atoms with Gasteiger partial charge in [0.1, 0.15) is 0 Å². The molecule has 1 N–H and O–H groups in total. The van der Waals surface area contributed by atoms with E-state index < -0.39 is 12.1 Å². The quantitative estimate of drug-likeness (QED) is 0.799. The van der Waals surface area contributed by atoms with Crippen molar-refractivity contribution in [1.29, 1.82) is 0 Å². The van der Waals surface area contributed by atoms with Gasteiger partial charge < -0.3 is 9.84 Å². The van der Waals surface area contributed by atoms with E-state index in [1.54, 1.807) is 0 Å². The van der Waals surface area contributed by atoms with Gasteiger partial charge in [-0.05, 0) is 48.8 Å². The van der Waals surface area contributed by atoms with Gasteiger partial charge in [0.15, 0.2) is 6.10 Å². The van der Waals surface area contributed by atoms with E-state index in [1.165, 1.54) is 0 Å². The van der Waals surface area contributed by atoms with Crippen molar-refractivity contribution in [3.05, 3.63) is 34.3 Å². The van der Waals surface area contributed by atoms with Crippen molar-refractivity contribution in [2.24, 2.45) is 11.8 Å². The number of ether oxygens (including phenoxy) is 1. The van der Waals surface area contributed by atoms with E-state index in [1.807, 2.05) is 38.1 Å². The van der Waals surface area contributed by atoms with Crippen LogP contribution in [-0.2, 0) is 9.53 Å². The fourth-order valence-electron chi connectivity index (χ4n) is 2.33. The molecule has 1 saturated carbocycles. The van der Waals surface area contributed by atoms with E-state index in [-0.39, 0.29) is 6.10 Å². The second-order valence-electron chi connectivity index (χ2n) is 5.90. The van der Waals surface area contributed by atoms with E-state index in [0.29, 0.717) is 18.3 Å². The summed E-state index contributed by atoms with van der Waals surface area (Å²) in [5, 5.41) is 9.33. The van der Waals surface area contributed by atoms with E-state index in [9.17, 15) is 9.90 Å². The van der Waals surface area contributed by atoms with Gasteiger partial charge in [0, 0.05) is 4.47 Å². The Morgan fingerprint density at radius 3 is 2.40 bits per heavy atom. The largest absolute Gasteiger partial charge is 0.479 e. The molecular formula is C16H21BrO3. The Morgan fingerprint density at radius 2 is 1.95 bits per heavy atom. The minimum atomic E-state index is -0.860. The molecule has 1 aromatic rings. The highest BCUT2D eigenvalue weighted by Crippen LogP contribution is 2.44. The second-order valence-corrected chi connectivity index (χ2v) is 6.82. The number of aliphatic carboxylic acids is 1. The number of hydrogen-bond acceptors (Lipinski definition) is 2. The highest BCUT2D eigenvalue weighted by molar-refractivity contribution is 9.10. The van der Waals surface area contributed by atoms with Gasteiger partial charge in [-0.3, -0.25) is 0 Å². The summed E-state index contributed by atoms with van der Waals surface area (Å²) in [6.07, 6.45) is 1.98. The standard InChI is InChI=1S/C16H21BrO3/c1-10(2)9-14(16(18)19)20-15(11-3-4-11)12-5-7-13(17)8-6-12/h5-8,10-11,14-15H,3-4,9H2,1-2H3,(H,18,19)/t14-,15+/m0/s1. The van der Waals surface area contributed by atoms with Crippen LogP contribution in [0.2, 0.25) is 0 Å². The minimum absolute atomic E-state index is 0.0945. The Bertz CT molecular complexity index is 451. The normalized spacial score (nSPS) is 18.0. The van der Waals surface area contributed by atoms with Gasteiger partial charge in [-0.15, -0.1) is 0 Å². The van der Waals surface area contributed by atoms with Crippen molar-refractivity contribution in [2.75, 3.05) is 0 Å². The molecule has 3 nitrogen and oxygen atoms in total. The Balaban J connectivity index is 2.12. The zero-order valence-corrected chi connectivity index (χ0v) is 13.5. The first-order valence-corrected chi connectivity index (χ1v) is 7.90. The summed E-state index contributed by atoms with van der Waals surface area (Å²) < 4.78 is 6.98. The van der Waals surface area contributed by atoms with Crippen molar-refractivity contribution < 1.29 is 14.6 Å². The van der Waals surface area contributed by atoms with Crippen molar-refractivity contribution >= 4 is 21.9 Å². The minimum Gasteiger partial charge on any atom is -0.479 e. The SMILES string of the molecule is CC(C)C[C@H](O[C@@H](c1ccc(Br)cc1)C1CC1)C(=O)O. The highest BCUT2D eigenvalue weighted by Gasteiger charge is 2.36. The predicted molar refractivity (Wildman–Crippen MR) is 81.6 cm³/mol. The lowest BCUT2D eigenvalue weighted by Gasteiger charge is -2.24. The van der Waals surface area contributed by atoms with Gasteiger partial charge in [-0.1, -0.05) is 41.9 Å². The van der Waals surface area contributed by atoms with E-state index in [0.717, 1.165) is 22.9 Å². The van der Waals surface area contributed by atoms with Crippen LogP contribution in [0.15, 0.2) is 28.7 Å². The molecule has 0 aliphatic heterocycles. The maximum Gasteiger partial charge on any atom is 0.332 e. The molecule has 1 aliphatic rings. The Labute approximate surface area is 128 Å². The van der Waals surface area contributed by atoms with E-state index in [4.69, 9.17) is 4.74 Å². The summed E-state index contributed by atoms with van der Waals surface area (Å²) in [4.78, 5) is 11.4. The van der Waals surface area contributed by atoms with Crippen LogP contribution in [0.4, 0.5) is 0 Å². The third-order valence-electron chi connectivity index (χ3n) is 3.52. The molecule has 1 fully saturated rings. The Morgan fingerprint density at radius 1 is 1.35 bits per heavy atom. The molecule has 0 heterocycles. The lowest BCUT2D eigenvalue weighted by molar-refractivity contribution is -0.157. The summed E-state index contributed by atoms with van der Waals surface area (Å²) in [5.74, 6) is -0.0903. The van der Waals surface area contributed by atoms with Gasteiger partial charge in [0.25, 0.3) is 0 Å². The zero-order chi connectivity index (χ0) is 14.7. The van der Waals surface area contributed by atoms with Crippen molar-refractivity contribution in [3.8, 4) is 0 Å². The zero-order valence-electron chi connectivity index (χ0n) is 11.9. The Hall–Kier alpha value is -0.870. The maximum absolute atomic E-state index is 11.4. The van der Waals surface area contributed by atoms with E-state index in [2.05, 4.69) is 15.9 Å². The Kier molecular flexibility index (Phi) is 5.22. The van der Waals surface area contributed by atoms with Crippen LogP contribution in [0.3, 0.4) is 0 Å².